The van der Waals surface area contributed by atoms with Crippen LogP contribution in [0, 0.1) is 13.8 Å². The number of aromatic nitrogens is 1. The highest BCUT2D eigenvalue weighted by Gasteiger charge is 2.16. The molecule has 16 heavy (non-hydrogen) atoms. The lowest BCUT2D eigenvalue weighted by Gasteiger charge is -2.27. The summed E-state index contributed by atoms with van der Waals surface area (Å²) in [5.41, 5.74) is 1.17. The number of nitrogens with zero attached hydrogens (tertiary/aromatic N) is 2. The predicted octanol–water partition coefficient (Wildman–Crippen LogP) is 2.34. The van der Waals surface area contributed by atoms with Gasteiger partial charge in [0.05, 0.1) is 5.69 Å². The van der Waals surface area contributed by atoms with Crippen LogP contribution in [-0.2, 0) is 0 Å². The molecular weight excluding hydrogens is 218 g/mol. The summed E-state index contributed by atoms with van der Waals surface area (Å²) in [5, 5.41) is 4.73. The van der Waals surface area contributed by atoms with Gasteiger partial charge in [-0.05, 0) is 33.2 Å². The molecule has 0 amide bonds. The van der Waals surface area contributed by atoms with Gasteiger partial charge in [0.15, 0.2) is 5.13 Å². The summed E-state index contributed by atoms with van der Waals surface area (Å²) in [6.45, 7) is 6.48. The van der Waals surface area contributed by atoms with Gasteiger partial charge in [-0.2, -0.15) is 0 Å². The molecule has 0 aromatic carbocycles. The molecule has 0 bridgehead atoms. The van der Waals surface area contributed by atoms with Crippen LogP contribution >= 0.6 is 11.3 Å². The standard InChI is InChI=1S/C12H21N3S/c1-9-10(2)16-12(14-9)15(3)8-11-6-4-5-7-13-11/h11,13H,4-8H2,1-3H3. The number of rotatable bonds is 3. The number of hydrogen-bond acceptors (Lipinski definition) is 4. The van der Waals surface area contributed by atoms with E-state index in [0.717, 1.165) is 11.7 Å². The molecule has 3 nitrogen and oxygen atoms in total. The minimum atomic E-state index is 0.642. The van der Waals surface area contributed by atoms with Crippen molar-refractivity contribution in [3.63, 3.8) is 0 Å². The largest absolute Gasteiger partial charge is 0.350 e. The number of aryl methyl sites for hydroxylation is 2. The molecular formula is C12H21N3S. The predicted molar refractivity (Wildman–Crippen MR) is 70.5 cm³/mol. The maximum Gasteiger partial charge on any atom is 0.185 e. The zero-order valence-corrected chi connectivity index (χ0v) is 11.2. The van der Waals surface area contributed by atoms with Crippen molar-refractivity contribution in [3.8, 4) is 0 Å². The second-order valence-corrected chi connectivity index (χ2v) is 5.85. The van der Waals surface area contributed by atoms with Crippen molar-refractivity contribution >= 4 is 16.5 Å². The molecule has 1 unspecified atom stereocenters. The van der Waals surface area contributed by atoms with Crippen LogP contribution in [0.5, 0.6) is 0 Å². The zero-order chi connectivity index (χ0) is 11.5. The minimum absolute atomic E-state index is 0.642. The van der Waals surface area contributed by atoms with Gasteiger partial charge in [0.25, 0.3) is 0 Å². The van der Waals surface area contributed by atoms with E-state index < -0.39 is 0 Å². The van der Waals surface area contributed by atoms with Gasteiger partial charge in [0.1, 0.15) is 0 Å². The number of thiazole rings is 1. The number of anilines is 1. The Hall–Kier alpha value is -0.610. The van der Waals surface area contributed by atoms with Gasteiger partial charge in [-0.25, -0.2) is 4.98 Å². The first-order valence-electron chi connectivity index (χ1n) is 6.05. The SMILES string of the molecule is Cc1nc(N(C)CC2CCCCN2)sc1C. The van der Waals surface area contributed by atoms with Crippen molar-refractivity contribution < 1.29 is 0 Å². The van der Waals surface area contributed by atoms with E-state index >= 15 is 0 Å². The third kappa shape index (κ3) is 2.74. The van der Waals surface area contributed by atoms with Crippen molar-refractivity contribution in [3.05, 3.63) is 10.6 Å². The lowest BCUT2D eigenvalue weighted by atomic mass is 10.1. The fourth-order valence-corrected chi connectivity index (χ4v) is 2.99. The lowest BCUT2D eigenvalue weighted by molar-refractivity contribution is 0.403. The molecule has 1 aromatic rings. The van der Waals surface area contributed by atoms with Gasteiger partial charge in [-0.3, -0.25) is 0 Å². The normalized spacial score (nSPS) is 21.1. The molecule has 2 rings (SSSR count). The smallest absolute Gasteiger partial charge is 0.185 e. The fourth-order valence-electron chi connectivity index (χ4n) is 2.11. The quantitative estimate of drug-likeness (QED) is 0.877. The second-order valence-electron chi connectivity index (χ2n) is 4.67. The van der Waals surface area contributed by atoms with Gasteiger partial charge in [-0.15, -0.1) is 11.3 Å². The number of nitrogens with one attached hydrogen (secondary N) is 1. The monoisotopic (exact) mass is 239 g/mol. The Kier molecular flexibility index (Phi) is 3.82. The van der Waals surface area contributed by atoms with Crippen molar-refractivity contribution in [2.75, 3.05) is 25.0 Å². The van der Waals surface area contributed by atoms with Crippen molar-refractivity contribution in [1.82, 2.24) is 10.3 Å². The Morgan fingerprint density at radius 2 is 2.25 bits per heavy atom. The molecule has 1 atom stereocenters. The van der Waals surface area contributed by atoms with E-state index in [1.165, 1.54) is 36.4 Å². The highest BCUT2D eigenvalue weighted by molar-refractivity contribution is 7.15. The molecule has 1 saturated heterocycles. The molecule has 1 N–H and O–H groups in total. The Bertz CT molecular complexity index is 323. The first kappa shape index (κ1) is 11.9. The summed E-state index contributed by atoms with van der Waals surface area (Å²) in [4.78, 5) is 8.21. The first-order valence-corrected chi connectivity index (χ1v) is 6.87. The van der Waals surface area contributed by atoms with Crippen LogP contribution in [0.25, 0.3) is 0 Å². The molecule has 0 radical (unpaired) electrons. The van der Waals surface area contributed by atoms with Crippen molar-refractivity contribution in [2.45, 2.75) is 39.2 Å². The molecule has 0 saturated carbocycles. The summed E-state index contributed by atoms with van der Waals surface area (Å²) in [6.07, 6.45) is 3.99. The van der Waals surface area contributed by atoms with Crippen LogP contribution in [0.3, 0.4) is 0 Å². The van der Waals surface area contributed by atoms with Crippen LogP contribution in [-0.4, -0.2) is 31.2 Å². The summed E-state index contributed by atoms with van der Waals surface area (Å²) in [5.74, 6) is 0. The van der Waals surface area contributed by atoms with E-state index in [-0.39, 0.29) is 0 Å². The molecule has 1 aromatic heterocycles. The van der Waals surface area contributed by atoms with Gasteiger partial charge in [0.2, 0.25) is 0 Å². The zero-order valence-electron chi connectivity index (χ0n) is 10.4. The number of likely N-dealkylation sites (N-methyl/N-ethyl adjacent to an activating group) is 1. The van der Waals surface area contributed by atoms with E-state index in [4.69, 9.17) is 0 Å². The summed E-state index contributed by atoms with van der Waals surface area (Å²) in [6, 6.07) is 0.642. The van der Waals surface area contributed by atoms with Gasteiger partial charge in [-0.1, -0.05) is 6.42 Å². The van der Waals surface area contributed by atoms with Crippen LogP contribution < -0.4 is 10.2 Å². The lowest BCUT2D eigenvalue weighted by Crippen LogP contribution is -2.42. The maximum absolute atomic E-state index is 4.59. The van der Waals surface area contributed by atoms with E-state index in [0.29, 0.717) is 6.04 Å². The molecule has 0 spiro atoms. The summed E-state index contributed by atoms with van der Waals surface area (Å²) >= 11 is 1.80. The van der Waals surface area contributed by atoms with Crippen molar-refractivity contribution in [1.29, 1.82) is 0 Å². The van der Waals surface area contributed by atoms with Crippen molar-refractivity contribution in [2.24, 2.45) is 0 Å². The van der Waals surface area contributed by atoms with Crippen LogP contribution in [0.1, 0.15) is 29.8 Å². The van der Waals surface area contributed by atoms with E-state index in [1.54, 1.807) is 11.3 Å². The Balaban J connectivity index is 1.93. The van der Waals surface area contributed by atoms with Crippen LogP contribution in [0.2, 0.25) is 0 Å². The number of piperidine rings is 1. The Morgan fingerprint density at radius 3 is 2.81 bits per heavy atom. The molecule has 1 fully saturated rings. The maximum atomic E-state index is 4.59. The third-order valence-corrected chi connectivity index (χ3v) is 4.44. The molecule has 1 aliphatic rings. The molecule has 90 valence electrons. The average molecular weight is 239 g/mol. The minimum Gasteiger partial charge on any atom is -0.350 e. The van der Waals surface area contributed by atoms with E-state index in [1.807, 2.05) is 0 Å². The van der Waals surface area contributed by atoms with Gasteiger partial charge < -0.3 is 10.2 Å². The topological polar surface area (TPSA) is 28.2 Å². The molecule has 1 aliphatic heterocycles. The van der Waals surface area contributed by atoms with Crippen LogP contribution in [0.15, 0.2) is 0 Å². The molecule has 2 heterocycles. The average Bonchev–Trinajstić information content (AvgIpc) is 2.61. The molecule has 0 aliphatic carbocycles. The molecule has 4 heteroatoms. The summed E-state index contributed by atoms with van der Waals surface area (Å²) < 4.78 is 0. The first-order chi connectivity index (χ1) is 7.66. The number of hydrogen-bond donors (Lipinski definition) is 1. The van der Waals surface area contributed by atoms with E-state index in [2.05, 4.69) is 36.1 Å². The fraction of sp³-hybridized carbons (Fsp3) is 0.750. The van der Waals surface area contributed by atoms with E-state index in [9.17, 15) is 0 Å². The highest BCUT2D eigenvalue weighted by Crippen LogP contribution is 2.24. The Morgan fingerprint density at radius 1 is 1.44 bits per heavy atom. The van der Waals surface area contributed by atoms with Gasteiger partial charge >= 0.3 is 0 Å². The third-order valence-electron chi connectivity index (χ3n) is 3.25. The van der Waals surface area contributed by atoms with Gasteiger partial charge in [0, 0.05) is 24.5 Å². The van der Waals surface area contributed by atoms with Crippen LogP contribution in [0.4, 0.5) is 5.13 Å². The Labute approximate surface area is 102 Å². The highest BCUT2D eigenvalue weighted by atomic mass is 32.1. The second kappa shape index (κ2) is 5.15. The summed E-state index contributed by atoms with van der Waals surface area (Å²) in [7, 11) is 2.15.